The number of carbonyl (C=O) groups is 1. The lowest BCUT2D eigenvalue weighted by Crippen LogP contribution is -2.37. The molecule has 0 atom stereocenters. The lowest BCUT2D eigenvalue weighted by atomic mass is 10.3. The molecule has 128 valence electrons. The van der Waals surface area contributed by atoms with Crippen LogP contribution in [0.1, 0.15) is 31.8 Å². The molecule has 1 aliphatic rings. The summed E-state index contributed by atoms with van der Waals surface area (Å²) in [5.74, 6) is 0.592. The first kappa shape index (κ1) is 16.8. The van der Waals surface area contributed by atoms with Crippen LogP contribution in [0.15, 0.2) is 6.07 Å². The van der Waals surface area contributed by atoms with E-state index >= 15 is 0 Å². The second-order valence-electron chi connectivity index (χ2n) is 5.73. The lowest BCUT2D eigenvalue weighted by molar-refractivity contribution is 0.0953. The fraction of sp³-hybridized carbons (Fsp3) is 0.500. The van der Waals surface area contributed by atoms with E-state index in [1.54, 1.807) is 0 Å². The molecule has 3 rings (SSSR count). The van der Waals surface area contributed by atoms with Crippen molar-refractivity contribution in [2.75, 3.05) is 31.2 Å². The van der Waals surface area contributed by atoms with Gasteiger partial charge in [0.25, 0.3) is 5.91 Å². The molecule has 2 aromatic rings. The summed E-state index contributed by atoms with van der Waals surface area (Å²) >= 11 is 1.41. The Morgan fingerprint density at radius 3 is 2.67 bits per heavy atom. The van der Waals surface area contributed by atoms with Crippen LogP contribution in [0.2, 0.25) is 0 Å². The molecule has 1 amide bonds. The third kappa shape index (κ3) is 3.88. The van der Waals surface area contributed by atoms with Crippen molar-refractivity contribution in [1.29, 1.82) is 0 Å². The van der Waals surface area contributed by atoms with E-state index in [1.807, 2.05) is 26.8 Å². The minimum atomic E-state index is -0.109. The summed E-state index contributed by atoms with van der Waals surface area (Å²) in [5.41, 5.74) is 2.46. The zero-order chi connectivity index (χ0) is 17.1. The summed E-state index contributed by atoms with van der Waals surface area (Å²) < 4.78 is 5.36. The van der Waals surface area contributed by atoms with E-state index in [-0.39, 0.29) is 5.91 Å². The number of carbonyl (C=O) groups excluding carboxylic acids is 1. The van der Waals surface area contributed by atoms with Crippen molar-refractivity contribution in [2.45, 2.75) is 27.3 Å². The maximum Gasteiger partial charge on any atom is 0.263 e. The van der Waals surface area contributed by atoms with E-state index in [4.69, 9.17) is 4.74 Å². The number of hydrogen-bond donors (Lipinski definition) is 1. The maximum absolute atomic E-state index is 12.3. The SMILES string of the molecule is Cc1cc(CNC(=O)c2sc(C)nc2C)nc(N2CCOCC2)n1. The van der Waals surface area contributed by atoms with Gasteiger partial charge in [0.1, 0.15) is 4.88 Å². The lowest BCUT2D eigenvalue weighted by Gasteiger charge is -2.27. The van der Waals surface area contributed by atoms with Crippen molar-refractivity contribution in [1.82, 2.24) is 20.3 Å². The summed E-state index contributed by atoms with van der Waals surface area (Å²) in [7, 11) is 0. The summed E-state index contributed by atoms with van der Waals surface area (Å²) in [6.07, 6.45) is 0. The molecule has 1 N–H and O–H groups in total. The van der Waals surface area contributed by atoms with Gasteiger partial charge in [-0.05, 0) is 26.8 Å². The predicted octanol–water partition coefficient (Wildman–Crippen LogP) is 1.62. The largest absolute Gasteiger partial charge is 0.378 e. The highest BCUT2D eigenvalue weighted by Gasteiger charge is 2.16. The van der Waals surface area contributed by atoms with Gasteiger partial charge in [0, 0.05) is 18.8 Å². The fourth-order valence-electron chi connectivity index (χ4n) is 2.61. The Kier molecular flexibility index (Phi) is 5.06. The zero-order valence-electron chi connectivity index (χ0n) is 14.1. The van der Waals surface area contributed by atoms with Crippen LogP contribution >= 0.6 is 11.3 Å². The number of anilines is 1. The average Bonchev–Trinajstić information content (AvgIpc) is 2.91. The van der Waals surface area contributed by atoms with Crippen LogP contribution in [-0.2, 0) is 11.3 Å². The van der Waals surface area contributed by atoms with Crippen molar-refractivity contribution < 1.29 is 9.53 Å². The molecule has 0 aromatic carbocycles. The first-order valence-electron chi connectivity index (χ1n) is 7.92. The van der Waals surface area contributed by atoms with Gasteiger partial charge >= 0.3 is 0 Å². The van der Waals surface area contributed by atoms with Crippen LogP contribution in [0.25, 0.3) is 0 Å². The van der Waals surface area contributed by atoms with Gasteiger partial charge in [0.2, 0.25) is 5.95 Å². The zero-order valence-corrected chi connectivity index (χ0v) is 14.9. The first-order valence-corrected chi connectivity index (χ1v) is 8.74. The molecule has 2 aromatic heterocycles. The molecular formula is C16H21N5O2S. The van der Waals surface area contributed by atoms with Gasteiger partial charge in [-0.15, -0.1) is 11.3 Å². The van der Waals surface area contributed by atoms with Crippen molar-refractivity contribution in [3.63, 3.8) is 0 Å². The summed E-state index contributed by atoms with van der Waals surface area (Å²) in [6, 6.07) is 1.90. The predicted molar refractivity (Wildman–Crippen MR) is 92.6 cm³/mol. The number of aromatic nitrogens is 3. The van der Waals surface area contributed by atoms with E-state index in [1.165, 1.54) is 11.3 Å². The van der Waals surface area contributed by atoms with E-state index in [0.29, 0.717) is 30.6 Å². The molecule has 0 aliphatic carbocycles. The summed E-state index contributed by atoms with van der Waals surface area (Å²) in [4.78, 5) is 28.5. The summed E-state index contributed by atoms with van der Waals surface area (Å²) in [5, 5.41) is 3.82. The Balaban J connectivity index is 1.69. The van der Waals surface area contributed by atoms with Gasteiger partial charge in [0.05, 0.1) is 36.2 Å². The molecular weight excluding hydrogens is 326 g/mol. The number of rotatable bonds is 4. The number of amides is 1. The van der Waals surface area contributed by atoms with E-state index in [2.05, 4.69) is 25.2 Å². The minimum Gasteiger partial charge on any atom is -0.378 e. The molecule has 0 saturated carbocycles. The Morgan fingerprint density at radius 1 is 1.25 bits per heavy atom. The van der Waals surface area contributed by atoms with Gasteiger partial charge in [0.15, 0.2) is 0 Å². The van der Waals surface area contributed by atoms with Crippen molar-refractivity contribution in [2.24, 2.45) is 0 Å². The Morgan fingerprint density at radius 2 is 2.00 bits per heavy atom. The highest BCUT2D eigenvalue weighted by Crippen LogP contribution is 2.17. The normalized spacial score (nSPS) is 14.7. The van der Waals surface area contributed by atoms with Crippen LogP contribution < -0.4 is 10.2 Å². The van der Waals surface area contributed by atoms with E-state index in [9.17, 15) is 4.79 Å². The second-order valence-corrected chi connectivity index (χ2v) is 6.93. The van der Waals surface area contributed by atoms with Gasteiger partial charge in [-0.2, -0.15) is 0 Å². The third-order valence-corrected chi connectivity index (χ3v) is 4.80. The minimum absolute atomic E-state index is 0.109. The third-order valence-electron chi connectivity index (χ3n) is 3.73. The van der Waals surface area contributed by atoms with Crippen molar-refractivity contribution in [3.8, 4) is 0 Å². The van der Waals surface area contributed by atoms with E-state index < -0.39 is 0 Å². The molecule has 1 fully saturated rings. The Hall–Kier alpha value is -2.06. The van der Waals surface area contributed by atoms with Crippen LogP contribution in [0, 0.1) is 20.8 Å². The number of nitrogens with zero attached hydrogens (tertiary/aromatic N) is 4. The van der Waals surface area contributed by atoms with Crippen LogP contribution in [-0.4, -0.2) is 47.2 Å². The standard InChI is InChI=1S/C16H21N5O2S/c1-10-8-13(20-16(18-10)21-4-6-23-7-5-21)9-17-15(22)14-11(2)19-12(3)24-14/h8H,4-7,9H2,1-3H3,(H,17,22). The molecule has 1 aliphatic heterocycles. The molecule has 0 unspecified atom stereocenters. The smallest absolute Gasteiger partial charge is 0.263 e. The number of morpholine rings is 1. The molecule has 0 bridgehead atoms. The molecule has 0 radical (unpaired) electrons. The molecule has 1 saturated heterocycles. The molecule has 8 heteroatoms. The summed E-state index contributed by atoms with van der Waals surface area (Å²) in [6.45, 7) is 9.01. The number of hydrogen-bond acceptors (Lipinski definition) is 7. The first-order chi connectivity index (χ1) is 11.5. The van der Waals surface area contributed by atoms with Gasteiger partial charge in [-0.3, -0.25) is 4.79 Å². The van der Waals surface area contributed by atoms with Crippen molar-refractivity contribution >= 4 is 23.2 Å². The van der Waals surface area contributed by atoms with Gasteiger partial charge < -0.3 is 15.0 Å². The number of aryl methyl sites for hydroxylation is 3. The van der Waals surface area contributed by atoms with Crippen LogP contribution in [0.5, 0.6) is 0 Å². The highest BCUT2D eigenvalue weighted by molar-refractivity contribution is 7.13. The molecule has 24 heavy (non-hydrogen) atoms. The average molecular weight is 347 g/mol. The van der Waals surface area contributed by atoms with Crippen LogP contribution in [0.3, 0.4) is 0 Å². The Bertz CT molecular complexity index is 740. The van der Waals surface area contributed by atoms with Crippen LogP contribution in [0.4, 0.5) is 5.95 Å². The number of thiazole rings is 1. The molecule has 7 nitrogen and oxygen atoms in total. The number of nitrogens with one attached hydrogen (secondary N) is 1. The topological polar surface area (TPSA) is 80.2 Å². The monoisotopic (exact) mass is 347 g/mol. The van der Waals surface area contributed by atoms with E-state index in [0.717, 1.165) is 35.2 Å². The fourth-order valence-corrected chi connectivity index (χ4v) is 3.44. The maximum atomic E-state index is 12.3. The van der Waals surface area contributed by atoms with Crippen molar-refractivity contribution in [3.05, 3.63) is 33.0 Å². The van der Waals surface area contributed by atoms with Gasteiger partial charge in [-0.25, -0.2) is 15.0 Å². The Labute approximate surface area is 145 Å². The number of ether oxygens (including phenoxy) is 1. The molecule has 3 heterocycles. The second kappa shape index (κ2) is 7.23. The molecule has 0 spiro atoms. The highest BCUT2D eigenvalue weighted by atomic mass is 32.1. The van der Waals surface area contributed by atoms with Gasteiger partial charge in [-0.1, -0.05) is 0 Å². The quantitative estimate of drug-likeness (QED) is 0.905.